The monoisotopic (exact) mass is 1120 g/mol. The second-order valence-corrected chi connectivity index (χ2v) is 19.7. The number of piperidine rings is 2. The summed E-state index contributed by atoms with van der Waals surface area (Å²) >= 11 is 12.9. The molecule has 2 aliphatic heterocycles. The number of hydrogen-bond donors (Lipinski definition) is 4. The van der Waals surface area contributed by atoms with Gasteiger partial charge in [0, 0.05) is 118 Å². The number of nitrogens with one attached hydrogen (secondary N) is 1. The average molecular weight is 1120 g/mol. The molecule has 0 unspecified atom stereocenters. The van der Waals surface area contributed by atoms with Crippen molar-refractivity contribution < 1.29 is 50.7 Å². The number of nitrogens with two attached hydrogens (primary N) is 2. The number of anilines is 2. The van der Waals surface area contributed by atoms with Crippen LogP contribution in [-0.2, 0) is 22.4 Å². The molecule has 0 radical (unpaired) electrons. The molecule has 3 aromatic carbocycles. The molecule has 2 saturated heterocycles. The normalized spacial score (nSPS) is 14.9. The van der Waals surface area contributed by atoms with Gasteiger partial charge < -0.3 is 35.6 Å². The lowest BCUT2D eigenvalue weighted by Crippen LogP contribution is -2.42. The molecule has 2 aliphatic rings. The summed E-state index contributed by atoms with van der Waals surface area (Å²) in [6, 6.07) is 28.1. The number of nitrogen functional groups attached to an aromatic ring is 2. The van der Waals surface area contributed by atoms with Crippen LogP contribution in [0.25, 0.3) is 56.5 Å². The number of rotatable bonds is 14. The van der Waals surface area contributed by atoms with Crippen molar-refractivity contribution in [2.24, 2.45) is 0 Å². The molecule has 0 saturated carbocycles. The molecule has 14 nitrogen and oxygen atoms in total. The van der Waals surface area contributed by atoms with Crippen LogP contribution in [0.1, 0.15) is 81.9 Å². The Morgan fingerprint density at radius 2 is 1.10 bits per heavy atom. The number of alkyl halides is 4. The van der Waals surface area contributed by atoms with Gasteiger partial charge in [-0.3, -0.25) is 19.4 Å². The maximum absolute atomic E-state index is 13.4. The van der Waals surface area contributed by atoms with E-state index in [1.54, 1.807) is 79.1 Å². The summed E-state index contributed by atoms with van der Waals surface area (Å²) in [6.45, 7) is 1.02. The van der Waals surface area contributed by atoms with Crippen molar-refractivity contribution in [3.05, 3.63) is 172 Å². The topological polar surface area (TPSA) is 221 Å². The van der Waals surface area contributed by atoms with Gasteiger partial charge in [0.05, 0.1) is 21.3 Å². The molecule has 5 aromatic heterocycles. The van der Waals surface area contributed by atoms with Gasteiger partial charge in [0.1, 0.15) is 23.2 Å². The van der Waals surface area contributed by atoms with Crippen molar-refractivity contribution in [1.82, 2.24) is 25.2 Å². The SMILES string of the molecule is FC1(F)CCNCC1.Nc1ccc(/C=C/C(=O)CCc2cc3cc(-c4ccc(C(=O)N5CCC(F)(F)CC5)cc4)cc(Cl)c3o2)cn1.Nc1ccc(/C=C/C(=O)CCc2cc3cc(-c4ccc(C(=O)O)cn4)cc(Cl)c3o2)cn1. The molecule has 6 N–H and O–H groups in total. The van der Waals surface area contributed by atoms with Crippen LogP contribution in [0, 0.1) is 0 Å². The van der Waals surface area contributed by atoms with E-state index in [0.29, 0.717) is 81.6 Å². The number of fused-ring (bicyclic) bond motifs is 2. The van der Waals surface area contributed by atoms with Gasteiger partial charge in [-0.15, -0.1) is 0 Å². The lowest BCUT2D eigenvalue weighted by molar-refractivity contribution is -0.115. The van der Waals surface area contributed by atoms with E-state index in [2.05, 4.69) is 20.3 Å². The molecule has 8 aromatic rings. The maximum Gasteiger partial charge on any atom is 0.337 e. The highest BCUT2D eigenvalue weighted by atomic mass is 35.5. The van der Waals surface area contributed by atoms with Crippen molar-refractivity contribution >= 4 is 92.4 Å². The van der Waals surface area contributed by atoms with Gasteiger partial charge >= 0.3 is 5.97 Å². The minimum absolute atomic E-state index is 0.00694. The molecule has 20 heteroatoms. The molecule has 1 amide bonds. The number of carbonyl (C=O) groups excluding carboxylic acids is 3. The zero-order chi connectivity index (χ0) is 56.3. The molecular formula is C59H53Cl2F4N7O7. The van der Waals surface area contributed by atoms with Crippen LogP contribution in [0.5, 0.6) is 0 Å². The second kappa shape index (κ2) is 25.5. The summed E-state index contributed by atoms with van der Waals surface area (Å²) in [5.41, 5.74) is 17.4. The number of aromatic nitrogens is 3. The van der Waals surface area contributed by atoms with E-state index in [-0.39, 0.29) is 74.7 Å². The number of ketones is 2. The third kappa shape index (κ3) is 16.0. The lowest BCUT2D eigenvalue weighted by Gasteiger charge is -2.31. The van der Waals surface area contributed by atoms with Gasteiger partial charge in [-0.1, -0.05) is 35.3 Å². The average Bonchev–Trinajstić information content (AvgIpc) is 4.28. The number of halogens is 6. The van der Waals surface area contributed by atoms with Crippen LogP contribution in [0.4, 0.5) is 29.2 Å². The Balaban J connectivity index is 0.000000185. The molecule has 79 heavy (non-hydrogen) atoms. The van der Waals surface area contributed by atoms with Gasteiger partial charge in [-0.05, 0) is 131 Å². The Bertz CT molecular complexity index is 3510. The van der Waals surface area contributed by atoms with E-state index in [1.165, 1.54) is 29.3 Å². The van der Waals surface area contributed by atoms with Gasteiger partial charge in [0.2, 0.25) is 0 Å². The summed E-state index contributed by atoms with van der Waals surface area (Å²) in [5.74, 6) is -4.33. The maximum atomic E-state index is 13.4. The van der Waals surface area contributed by atoms with Gasteiger partial charge in [0.25, 0.3) is 17.8 Å². The Labute approximate surface area is 461 Å². The van der Waals surface area contributed by atoms with Crippen molar-refractivity contribution in [3.63, 3.8) is 0 Å². The van der Waals surface area contributed by atoms with E-state index in [9.17, 15) is 36.7 Å². The van der Waals surface area contributed by atoms with Gasteiger partial charge in [-0.25, -0.2) is 32.3 Å². The molecule has 0 aliphatic carbocycles. The molecule has 408 valence electrons. The number of aryl methyl sites for hydroxylation is 2. The van der Waals surface area contributed by atoms with E-state index in [1.807, 2.05) is 36.4 Å². The number of carbonyl (C=O) groups is 4. The zero-order valence-electron chi connectivity index (χ0n) is 42.4. The van der Waals surface area contributed by atoms with E-state index in [0.717, 1.165) is 38.6 Å². The first-order valence-corrected chi connectivity index (χ1v) is 25.9. The Hall–Kier alpha value is -8.19. The number of pyridine rings is 3. The third-order valence-corrected chi connectivity index (χ3v) is 13.5. The lowest BCUT2D eigenvalue weighted by atomic mass is 10.0. The van der Waals surface area contributed by atoms with Crippen LogP contribution in [0.15, 0.2) is 137 Å². The minimum atomic E-state index is -2.70. The number of hydrogen-bond acceptors (Lipinski definition) is 12. The van der Waals surface area contributed by atoms with Crippen LogP contribution in [0.2, 0.25) is 10.0 Å². The second-order valence-electron chi connectivity index (χ2n) is 18.9. The summed E-state index contributed by atoms with van der Waals surface area (Å²) in [6.07, 6.45) is 11.7. The van der Waals surface area contributed by atoms with Crippen LogP contribution in [-0.4, -0.2) is 86.4 Å². The van der Waals surface area contributed by atoms with Crippen LogP contribution < -0.4 is 16.8 Å². The first kappa shape index (κ1) is 57.0. The number of allylic oxidation sites excluding steroid dienone is 2. The number of carboxylic acid groups (broad SMARTS) is 1. The highest BCUT2D eigenvalue weighted by molar-refractivity contribution is 6.35. The number of carboxylic acids is 1. The Kier molecular flexibility index (Phi) is 18.4. The van der Waals surface area contributed by atoms with Gasteiger partial charge in [0.15, 0.2) is 22.7 Å². The summed E-state index contributed by atoms with van der Waals surface area (Å²) < 4.78 is 62.9. The van der Waals surface area contributed by atoms with E-state index < -0.39 is 17.8 Å². The van der Waals surface area contributed by atoms with Crippen molar-refractivity contribution in [3.8, 4) is 22.4 Å². The predicted octanol–water partition coefficient (Wildman–Crippen LogP) is 12.9. The predicted molar refractivity (Wildman–Crippen MR) is 297 cm³/mol. The molecular weight excluding hydrogens is 1070 g/mol. The number of amides is 1. The standard InChI is InChI=1S/C30H26ClF2N3O3.C24H18ClN3O4.C5H9F2N/c31-26-17-22(20-3-5-21(6-4-20)29(38)36-13-11-30(32,33)12-14-36)15-23-16-25(39-28(23)26)9-8-24(37)7-1-19-2-10-27(34)35-18-19;25-20-11-16(21-7-3-15(13-27-21)24(30)31)9-17-10-19(32-23(17)20)6-5-18(29)4-1-14-2-8-22(26)28-12-14;6-5(7)1-3-8-4-2-5/h1-7,10,15-18H,8-9,11-14H2,(H2,34,35);1-4,7-13H,5-6H2,(H2,26,28)(H,30,31);8H,1-4H2/b7-1+;4-1+;. The smallest absolute Gasteiger partial charge is 0.337 e. The summed E-state index contributed by atoms with van der Waals surface area (Å²) in [7, 11) is 0. The quantitative estimate of drug-likeness (QED) is 0.0589. The fourth-order valence-corrected chi connectivity index (χ4v) is 9.00. The number of nitrogens with zero attached hydrogens (tertiary/aromatic N) is 4. The number of likely N-dealkylation sites (tertiary alicyclic amines) is 1. The number of benzene rings is 3. The highest BCUT2D eigenvalue weighted by Crippen LogP contribution is 2.36. The molecule has 0 spiro atoms. The fraction of sp³-hybridized carbons (Fsp3) is 0.237. The molecule has 2 fully saturated rings. The number of furan rings is 2. The minimum Gasteiger partial charge on any atom is -0.478 e. The first-order valence-electron chi connectivity index (χ1n) is 25.1. The van der Waals surface area contributed by atoms with Crippen molar-refractivity contribution in [2.75, 3.05) is 37.6 Å². The highest BCUT2D eigenvalue weighted by Gasteiger charge is 2.36. The third-order valence-electron chi connectivity index (χ3n) is 12.9. The zero-order valence-corrected chi connectivity index (χ0v) is 43.9. The van der Waals surface area contributed by atoms with Crippen molar-refractivity contribution in [1.29, 1.82) is 0 Å². The summed E-state index contributed by atoms with van der Waals surface area (Å²) in [5, 5.41) is 14.3. The van der Waals surface area contributed by atoms with E-state index >= 15 is 0 Å². The number of aromatic carboxylic acids is 1. The van der Waals surface area contributed by atoms with Crippen molar-refractivity contribution in [2.45, 2.75) is 63.2 Å². The fourth-order valence-electron chi connectivity index (χ4n) is 8.47. The van der Waals surface area contributed by atoms with E-state index in [4.69, 9.17) is 48.6 Å². The molecule has 10 rings (SSSR count). The molecule has 0 atom stereocenters. The Morgan fingerprint density at radius 3 is 1.56 bits per heavy atom. The van der Waals surface area contributed by atoms with Gasteiger partial charge in [-0.2, -0.15) is 0 Å². The largest absolute Gasteiger partial charge is 0.478 e. The Morgan fingerprint density at radius 1 is 0.608 bits per heavy atom. The first-order chi connectivity index (χ1) is 37.8. The van der Waals surface area contributed by atoms with Crippen LogP contribution >= 0.6 is 23.2 Å². The molecule has 7 heterocycles. The molecule has 0 bridgehead atoms. The van der Waals surface area contributed by atoms with Crippen LogP contribution in [0.3, 0.4) is 0 Å². The summed E-state index contributed by atoms with van der Waals surface area (Å²) in [4.78, 5) is 61.9.